The van der Waals surface area contributed by atoms with Crippen LogP contribution in [0.1, 0.15) is 5.56 Å². The van der Waals surface area contributed by atoms with E-state index in [4.69, 9.17) is 11.6 Å². The SMILES string of the molecule is C=CCNCC(=O)N(C)Cc1c(F)cccc1Cl. The average molecular weight is 271 g/mol. The Bertz CT molecular complexity index is 417. The van der Waals surface area contributed by atoms with Gasteiger partial charge in [0.25, 0.3) is 0 Å². The average Bonchev–Trinajstić information content (AvgIpc) is 2.34. The molecule has 0 fully saturated rings. The standard InChI is InChI=1S/C13H16ClFN2O/c1-3-7-16-8-13(18)17(2)9-10-11(14)5-4-6-12(10)15/h3-6,16H,1,7-9H2,2H3. The second-order valence-electron chi connectivity index (χ2n) is 3.87. The lowest BCUT2D eigenvalue weighted by Gasteiger charge is -2.18. The van der Waals surface area contributed by atoms with E-state index in [1.54, 1.807) is 19.2 Å². The summed E-state index contributed by atoms with van der Waals surface area (Å²) in [5.41, 5.74) is 0.332. The molecule has 0 saturated carbocycles. The number of nitrogens with zero attached hydrogens (tertiary/aromatic N) is 1. The Labute approximate surface area is 111 Å². The summed E-state index contributed by atoms with van der Waals surface area (Å²) in [7, 11) is 1.61. The first kappa shape index (κ1) is 14.7. The van der Waals surface area contributed by atoms with Crippen LogP contribution < -0.4 is 5.32 Å². The summed E-state index contributed by atoms with van der Waals surface area (Å²) >= 11 is 5.90. The van der Waals surface area contributed by atoms with E-state index in [0.717, 1.165) is 0 Å². The highest BCUT2D eigenvalue weighted by Gasteiger charge is 2.13. The smallest absolute Gasteiger partial charge is 0.236 e. The van der Waals surface area contributed by atoms with E-state index in [1.807, 2.05) is 0 Å². The number of halogens is 2. The van der Waals surface area contributed by atoms with E-state index in [9.17, 15) is 9.18 Å². The molecule has 0 aliphatic rings. The fourth-order valence-corrected chi connectivity index (χ4v) is 1.65. The number of amides is 1. The normalized spacial score (nSPS) is 10.2. The molecule has 1 N–H and O–H groups in total. The third-order valence-electron chi connectivity index (χ3n) is 2.45. The summed E-state index contributed by atoms with van der Waals surface area (Å²) in [4.78, 5) is 13.1. The van der Waals surface area contributed by atoms with Crippen LogP contribution in [0.15, 0.2) is 30.9 Å². The molecule has 0 unspecified atom stereocenters. The zero-order valence-corrected chi connectivity index (χ0v) is 11.0. The molecule has 3 nitrogen and oxygen atoms in total. The lowest BCUT2D eigenvalue weighted by atomic mass is 10.2. The van der Waals surface area contributed by atoms with Crippen molar-refractivity contribution in [2.45, 2.75) is 6.54 Å². The Morgan fingerprint density at radius 1 is 1.61 bits per heavy atom. The molecule has 0 saturated heterocycles. The van der Waals surface area contributed by atoms with Gasteiger partial charge in [0, 0.05) is 30.7 Å². The number of benzene rings is 1. The second-order valence-corrected chi connectivity index (χ2v) is 4.28. The molecule has 0 heterocycles. The van der Waals surface area contributed by atoms with Crippen molar-refractivity contribution in [2.24, 2.45) is 0 Å². The maximum Gasteiger partial charge on any atom is 0.236 e. The quantitative estimate of drug-likeness (QED) is 0.635. The van der Waals surface area contributed by atoms with Crippen LogP contribution >= 0.6 is 11.6 Å². The van der Waals surface area contributed by atoms with E-state index in [1.165, 1.54) is 17.0 Å². The van der Waals surface area contributed by atoms with Crippen molar-refractivity contribution in [3.63, 3.8) is 0 Å². The van der Waals surface area contributed by atoms with E-state index in [2.05, 4.69) is 11.9 Å². The van der Waals surface area contributed by atoms with Crippen LogP contribution in [0.2, 0.25) is 5.02 Å². The van der Waals surface area contributed by atoms with Gasteiger partial charge in [-0.25, -0.2) is 4.39 Å². The number of nitrogens with one attached hydrogen (secondary N) is 1. The number of hydrogen-bond donors (Lipinski definition) is 1. The lowest BCUT2D eigenvalue weighted by Crippen LogP contribution is -2.35. The molecule has 0 aliphatic carbocycles. The van der Waals surface area contributed by atoms with Crippen molar-refractivity contribution >= 4 is 17.5 Å². The van der Waals surface area contributed by atoms with Crippen molar-refractivity contribution in [3.05, 3.63) is 47.3 Å². The molecule has 1 amide bonds. The van der Waals surface area contributed by atoms with Crippen molar-refractivity contribution < 1.29 is 9.18 Å². The largest absolute Gasteiger partial charge is 0.340 e. The molecule has 0 aromatic heterocycles. The first-order valence-electron chi connectivity index (χ1n) is 5.54. The lowest BCUT2D eigenvalue weighted by molar-refractivity contribution is -0.129. The van der Waals surface area contributed by atoms with Gasteiger partial charge in [-0.1, -0.05) is 23.7 Å². The molecule has 18 heavy (non-hydrogen) atoms. The van der Waals surface area contributed by atoms with E-state index < -0.39 is 5.82 Å². The van der Waals surface area contributed by atoms with Crippen LogP contribution in [-0.2, 0) is 11.3 Å². The Kier molecular flexibility index (Phi) is 5.82. The van der Waals surface area contributed by atoms with Crippen LogP contribution in [-0.4, -0.2) is 30.9 Å². The Morgan fingerprint density at radius 2 is 2.33 bits per heavy atom. The molecule has 0 aliphatic heterocycles. The molecule has 1 aromatic carbocycles. The fourth-order valence-electron chi connectivity index (χ4n) is 1.42. The second kappa shape index (κ2) is 7.13. The summed E-state index contributed by atoms with van der Waals surface area (Å²) < 4.78 is 13.5. The Morgan fingerprint density at radius 3 is 2.94 bits per heavy atom. The van der Waals surface area contributed by atoms with Crippen LogP contribution in [0.4, 0.5) is 4.39 Å². The van der Waals surface area contributed by atoms with Crippen LogP contribution in [0.5, 0.6) is 0 Å². The van der Waals surface area contributed by atoms with Gasteiger partial charge in [-0.3, -0.25) is 4.79 Å². The minimum absolute atomic E-state index is 0.129. The van der Waals surface area contributed by atoms with Crippen LogP contribution in [0.25, 0.3) is 0 Å². The topological polar surface area (TPSA) is 32.3 Å². The molecule has 98 valence electrons. The zero-order chi connectivity index (χ0) is 13.5. The summed E-state index contributed by atoms with van der Waals surface area (Å²) in [5.74, 6) is -0.530. The first-order valence-corrected chi connectivity index (χ1v) is 5.92. The number of hydrogen-bond acceptors (Lipinski definition) is 2. The Balaban J connectivity index is 2.61. The van der Waals surface area contributed by atoms with Crippen molar-refractivity contribution in [1.29, 1.82) is 0 Å². The molecule has 0 atom stereocenters. The molecular weight excluding hydrogens is 255 g/mol. The number of rotatable bonds is 6. The maximum absolute atomic E-state index is 13.5. The maximum atomic E-state index is 13.5. The van der Waals surface area contributed by atoms with Gasteiger partial charge in [0.05, 0.1) is 6.54 Å². The molecule has 0 bridgehead atoms. The third-order valence-corrected chi connectivity index (χ3v) is 2.80. The molecule has 0 radical (unpaired) electrons. The minimum atomic E-state index is -0.402. The van der Waals surface area contributed by atoms with Gasteiger partial charge >= 0.3 is 0 Å². The first-order chi connectivity index (χ1) is 8.56. The van der Waals surface area contributed by atoms with Gasteiger partial charge in [-0.05, 0) is 12.1 Å². The van der Waals surface area contributed by atoms with Crippen molar-refractivity contribution in [2.75, 3.05) is 20.1 Å². The third kappa shape index (κ3) is 4.13. The molecule has 1 aromatic rings. The monoisotopic (exact) mass is 270 g/mol. The molecule has 0 spiro atoms. The number of carbonyl (C=O) groups excluding carboxylic acids is 1. The summed E-state index contributed by atoms with van der Waals surface area (Å²) in [5, 5.41) is 3.22. The molecule has 1 rings (SSSR count). The van der Waals surface area contributed by atoms with Crippen molar-refractivity contribution in [3.8, 4) is 0 Å². The van der Waals surface area contributed by atoms with E-state index in [-0.39, 0.29) is 19.0 Å². The highest BCUT2D eigenvalue weighted by atomic mass is 35.5. The van der Waals surface area contributed by atoms with Gasteiger partial charge in [-0.2, -0.15) is 0 Å². The molecular formula is C13H16ClFN2O. The minimum Gasteiger partial charge on any atom is -0.340 e. The van der Waals surface area contributed by atoms with Gasteiger partial charge in [-0.15, -0.1) is 6.58 Å². The fraction of sp³-hybridized carbons (Fsp3) is 0.308. The predicted molar refractivity (Wildman–Crippen MR) is 71.0 cm³/mol. The van der Waals surface area contributed by atoms with E-state index in [0.29, 0.717) is 17.1 Å². The van der Waals surface area contributed by atoms with Crippen LogP contribution in [0.3, 0.4) is 0 Å². The van der Waals surface area contributed by atoms with Crippen molar-refractivity contribution in [1.82, 2.24) is 10.2 Å². The highest BCUT2D eigenvalue weighted by molar-refractivity contribution is 6.31. The number of likely N-dealkylation sites (N-methyl/N-ethyl adjacent to an activating group) is 1. The van der Waals surface area contributed by atoms with Gasteiger partial charge in [0.1, 0.15) is 5.82 Å². The van der Waals surface area contributed by atoms with E-state index >= 15 is 0 Å². The number of carbonyl (C=O) groups is 1. The zero-order valence-electron chi connectivity index (χ0n) is 10.2. The predicted octanol–water partition coefficient (Wildman–Crippen LogP) is 2.21. The van der Waals surface area contributed by atoms with Gasteiger partial charge in [0.2, 0.25) is 5.91 Å². The van der Waals surface area contributed by atoms with Gasteiger partial charge < -0.3 is 10.2 Å². The summed E-state index contributed by atoms with van der Waals surface area (Å²) in [6.07, 6.45) is 1.67. The van der Waals surface area contributed by atoms with Crippen LogP contribution in [0, 0.1) is 5.82 Å². The van der Waals surface area contributed by atoms with Gasteiger partial charge in [0.15, 0.2) is 0 Å². The molecule has 5 heteroatoms. The summed E-state index contributed by atoms with van der Waals surface area (Å²) in [6.45, 7) is 4.44. The summed E-state index contributed by atoms with van der Waals surface area (Å²) in [6, 6.07) is 4.47. The highest BCUT2D eigenvalue weighted by Crippen LogP contribution is 2.20. The Hall–Kier alpha value is -1.39.